The van der Waals surface area contributed by atoms with Crippen molar-refractivity contribution in [1.29, 1.82) is 5.26 Å². The number of hydrogen-bond acceptors (Lipinski definition) is 3. The lowest BCUT2D eigenvalue weighted by molar-refractivity contribution is 0.0471. The molecule has 0 heterocycles. The van der Waals surface area contributed by atoms with Crippen molar-refractivity contribution in [2.75, 3.05) is 0 Å². The van der Waals surface area contributed by atoms with E-state index in [-0.39, 0.29) is 6.61 Å². The highest BCUT2D eigenvalue weighted by Gasteiger charge is 2.12. The van der Waals surface area contributed by atoms with Crippen LogP contribution in [0.25, 0.3) is 0 Å². The van der Waals surface area contributed by atoms with Crippen LogP contribution in [0.2, 0.25) is 0 Å². The van der Waals surface area contributed by atoms with E-state index in [0.29, 0.717) is 15.6 Å². The maximum absolute atomic E-state index is 11.9. The number of halogens is 1. The Balaban J connectivity index is 2.07. The maximum atomic E-state index is 11.9. The van der Waals surface area contributed by atoms with Gasteiger partial charge in [-0.1, -0.05) is 30.3 Å². The molecule has 4 heteroatoms. The first-order chi connectivity index (χ1) is 9.20. The van der Waals surface area contributed by atoms with E-state index < -0.39 is 5.97 Å². The smallest absolute Gasteiger partial charge is 0.339 e. The molecule has 0 aromatic heterocycles. The minimum atomic E-state index is -0.416. The molecule has 0 saturated heterocycles. The lowest BCUT2D eigenvalue weighted by Gasteiger charge is -2.06. The van der Waals surface area contributed by atoms with Gasteiger partial charge >= 0.3 is 5.97 Å². The number of hydrogen-bond donors (Lipinski definition) is 0. The van der Waals surface area contributed by atoms with E-state index in [9.17, 15) is 4.79 Å². The number of nitriles is 1. The van der Waals surface area contributed by atoms with Crippen LogP contribution in [0.5, 0.6) is 0 Å². The van der Waals surface area contributed by atoms with Gasteiger partial charge in [0.05, 0.1) is 17.2 Å². The molecule has 0 N–H and O–H groups in total. The molecule has 2 rings (SSSR count). The second-order valence-corrected chi connectivity index (χ2v) is 4.72. The number of nitrogens with zero attached hydrogens (tertiary/aromatic N) is 1. The molecular weight excluding hydrogens is 306 g/mol. The third-order valence-corrected chi connectivity index (χ3v) is 3.19. The van der Waals surface area contributed by atoms with Gasteiger partial charge in [0.25, 0.3) is 0 Å². The second-order valence-electron chi connectivity index (χ2n) is 3.87. The van der Waals surface area contributed by atoms with E-state index in [1.807, 2.05) is 36.4 Å². The SMILES string of the molecule is N#Cc1ccc(C(=O)OCc2ccccc2)c(Br)c1. The van der Waals surface area contributed by atoms with Crippen molar-refractivity contribution < 1.29 is 9.53 Å². The monoisotopic (exact) mass is 315 g/mol. The van der Waals surface area contributed by atoms with E-state index in [0.717, 1.165) is 5.56 Å². The molecule has 0 bridgehead atoms. The van der Waals surface area contributed by atoms with Crippen molar-refractivity contribution in [1.82, 2.24) is 0 Å². The molecule has 0 unspecified atom stereocenters. The summed E-state index contributed by atoms with van der Waals surface area (Å²) < 4.78 is 5.78. The topological polar surface area (TPSA) is 50.1 Å². The largest absolute Gasteiger partial charge is 0.457 e. The molecule has 0 fully saturated rings. The summed E-state index contributed by atoms with van der Waals surface area (Å²) in [5.74, 6) is -0.416. The standard InChI is InChI=1S/C15H10BrNO2/c16-14-8-12(9-17)6-7-13(14)15(18)19-10-11-4-2-1-3-5-11/h1-8H,10H2. The molecule has 0 aliphatic heterocycles. The first-order valence-corrected chi connectivity index (χ1v) is 6.40. The molecule has 0 aliphatic carbocycles. The molecule has 94 valence electrons. The van der Waals surface area contributed by atoms with Crippen LogP contribution < -0.4 is 0 Å². The first-order valence-electron chi connectivity index (χ1n) is 5.61. The third-order valence-electron chi connectivity index (χ3n) is 2.53. The lowest BCUT2D eigenvalue weighted by atomic mass is 10.1. The molecule has 3 nitrogen and oxygen atoms in total. The quantitative estimate of drug-likeness (QED) is 0.812. The predicted molar refractivity (Wildman–Crippen MR) is 74.4 cm³/mol. The Morgan fingerprint density at radius 2 is 1.95 bits per heavy atom. The van der Waals surface area contributed by atoms with Crippen molar-refractivity contribution >= 4 is 21.9 Å². The highest BCUT2D eigenvalue weighted by molar-refractivity contribution is 9.10. The van der Waals surface area contributed by atoms with Crippen molar-refractivity contribution in [3.05, 3.63) is 69.7 Å². The molecule has 0 aliphatic rings. The third kappa shape index (κ3) is 3.43. The molecule has 0 radical (unpaired) electrons. The average Bonchev–Trinajstić information content (AvgIpc) is 2.45. The van der Waals surface area contributed by atoms with E-state index in [1.54, 1.807) is 18.2 Å². The van der Waals surface area contributed by atoms with Gasteiger partial charge in [-0.2, -0.15) is 5.26 Å². The van der Waals surface area contributed by atoms with Gasteiger partial charge in [0.2, 0.25) is 0 Å². The Labute approximate surface area is 119 Å². The van der Waals surface area contributed by atoms with E-state index >= 15 is 0 Å². The van der Waals surface area contributed by atoms with Gasteiger partial charge in [-0.15, -0.1) is 0 Å². The first kappa shape index (κ1) is 13.3. The summed E-state index contributed by atoms with van der Waals surface area (Å²) in [5.41, 5.74) is 1.84. The van der Waals surface area contributed by atoms with Gasteiger partial charge in [0.1, 0.15) is 6.61 Å². The summed E-state index contributed by atoms with van der Waals surface area (Å²) in [4.78, 5) is 11.9. The summed E-state index contributed by atoms with van der Waals surface area (Å²) in [6.07, 6.45) is 0. The molecule has 0 amide bonds. The highest BCUT2D eigenvalue weighted by Crippen LogP contribution is 2.19. The molecule has 2 aromatic carbocycles. The van der Waals surface area contributed by atoms with Gasteiger partial charge in [-0.3, -0.25) is 0 Å². The zero-order chi connectivity index (χ0) is 13.7. The van der Waals surface area contributed by atoms with Crippen LogP contribution in [0.4, 0.5) is 0 Å². The van der Waals surface area contributed by atoms with Gasteiger partial charge in [0.15, 0.2) is 0 Å². The van der Waals surface area contributed by atoms with Gasteiger partial charge in [-0.25, -0.2) is 4.79 Å². The molecular formula is C15H10BrNO2. The van der Waals surface area contributed by atoms with E-state index in [2.05, 4.69) is 15.9 Å². The summed E-state index contributed by atoms with van der Waals surface area (Å²) in [6, 6.07) is 16.2. The van der Waals surface area contributed by atoms with Gasteiger partial charge in [-0.05, 0) is 39.7 Å². The normalized spacial score (nSPS) is 9.68. The van der Waals surface area contributed by atoms with Crippen LogP contribution in [0.3, 0.4) is 0 Å². The van der Waals surface area contributed by atoms with E-state index in [1.165, 1.54) is 0 Å². The number of rotatable bonds is 3. The van der Waals surface area contributed by atoms with Crippen LogP contribution in [-0.4, -0.2) is 5.97 Å². The number of ether oxygens (including phenoxy) is 1. The Morgan fingerprint density at radius 3 is 2.58 bits per heavy atom. The predicted octanol–water partition coefficient (Wildman–Crippen LogP) is 3.68. The zero-order valence-corrected chi connectivity index (χ0v) is 11.6. The number of benzene rings is 2. The lowest BCUT2D eigenvalue weighted by Crippen LogP contribution is -2.06. The number of carbonyl (C=O) groups is 1. The van der Waals surface area contributed by atoms with Crippen LogP contribution in [-0.2, 0) is 11.3 Å². The summed E-state index contributed by atoms with van der Waals surface area (Å²) in [7, 11) is 0. The molecule has 0 saturated carbocycles. The molecule has 0 spiro atoms. The highest BCUT2D eigenvalue weighted by atomic mass is 79.9. The molecule has 19 heavy (non-hydrogen) atoms. The minimum Gasteiger partial charge on any atom is -0.457 e. The van der Waals surface area contributed by atoms with Gasteiger partial charge in [0, 0.05) is 4.47 Å². The Hall–Kier alpha value is -2.12. The van der Waals surface area contributed by atoms with Crippen molar-refractivity contribution in [3.8, 4) is 6.07 Å². The minimum absolute atomic E-state index is 0.228. The summed E-state index contributed by atoms with van der Waals surface area (Å²) in [5, 5.41) is 8.76. The van der Waals surface area contributed by atoms with Crippen molar-refractivity contribution in [2.24, 2.45) is 0 Å². The van der Waals surface area contributed by atoms with Crippen molar-refractivity contribution in [3.63, 3.8) is 0 Å². The maximum Gasteiger partial charge on any atom is 0.339 e. The van der Waals surface area contributed by atoms with E-state index in [4.69, 9.17) is 10.00 Å². The second kappa shape index (κ2) is 6.17. The van der Waals surface area contributed by atoms with Crippen molar-refractivity contribution in [2.45, 2.75) is 6.61 Å². The fraction of sp³-hybridized carbons (Fsp3) is 0.0667. The summed E-state index contributed by atoms with van der Waals surface area (Å²) >= 11 is 3.26. The average molecular weight is 316 g/mol. The van der Waals surface area contributed by atoms with Crippen LogP contribution >= 0.6 is 15.9 Å². The number of carbonyl (C=O) groups excluding carboxylic acids is 1. The Kier molecular flexibility index (Phi) is 4.32. The summed E-state index contributed by atoms with van der Waals surface area (Å²) in [6.45, 7) is 0.228. The van der Waals surface area contributed by atoms with Gasteiger partial charge < -0.3 is 4.74 Å². The van der Waals surface area contributed by atoms with Crippen LogP contribution in [0.1, 0.15) is 21.5 Å². The Morgan fingerprint density at radius 1 is 1.21 bits per heavy atom. The van der Waals surface area contributed by atoms with Crippen LogP contribution in [0, 0.1) is 11.3 Å². The number of esters is 1. The fourth-order valence-corrected chi connectivity index (χ4v) is 2.09. The van der Waals surface area contributed by atoms with Crippen LogP contribution in [0.15, 0.2) is 53.0 Å². The zero-order valence-electron chi connectivity index (χ0n) is 9.97. The molecule has 2 aromatic rings. The fourth-order valence-electron chi connectivity index (χ4n) is 1.55. The Bertz CT molecular complexity index is 632. The molecule has 0 atom stereocenters.